The predicted octanol–water partition coefficient (Wildman–Crippen LogP) is 3.35. The van der Waals surface area contributed by atoms with Crippen LogP contribution in [-0.4, -0.2) is 43.0 Å². The Bertz CT molecular complexity index is 418. The van der Waals surface area contributed by atoms with Crippen molar-refractivity contribution >= 4 is 11.9 Å². The Balaban J connectivity index is 4.57. The fourth-order valence-corrected chi connectivity index (χ4v) is 1.91. The summed E-state index contributed by atoms with van der Waals surface area (Å²) in [6.45, 7) is 11.8. The zero-order valence-corrected chi connectivity index (χ0v) is 15.4. The van der Waals surface area contributed by atoms with Crippen LogP contribution in [0.5, 0.6) is 0 Å². The number of ketones is 1. The first-order valence-corrected chi connectivity index (χ1v) is 7.73. The Kier molecular flexibility index (Phi) is 7.64. The zero-order chi connectivity index (χ0) is 17.6. The molecule has 22 heavy (non-hydrogen) atoms. The predicted molar refractivity (Wildman–Crippen MR) is 89.7 cm³/mol. The monoisotopic (exact) mass is 312 g/mol. The van der Waals surface area contributed by atoms with Gasteiger partial charge >= 0.3 is 6.09 Å². The van der Waals surface area contributed by atoms with Gasteiger partial charge in [0.1, 0.15) is 5.60 Å². The minimum absolute atomic E-state index is 0.118. The van der Waals surface area contributed by atoms with Crippen LogP contribution in [0.15, 0.2) is 11.8 Å². The fourth-order valence-electron chi connectivity index (χ4n) is 1.91. The molecule has 0 saturated heterocycles. The van der Waals surface area contributed by atoms with E-state index in [1.54, 1.807) is 0 Å². The van der Waals surface area contributed by atoms with Crippen LogP contribution in [0.2, 0.25) is 0 Å². The second-order valence-electron chi connectivity index (χ2n) is 7.59. The second-order valence-corrected chi connectivity index (χ2v) is 7.59. The molecule has 0 unspecified atom stereocenters. The molecule has 0 aromatic rings. The van der Waals surface area contributed by atoms with E-state index in [1.165, 1.54) is 0 Å². The molecule has 0 aromatic heterocycles. The summed E-state index contributed by atoms with van der Waals surface area (Å²) in [7, 11) is 3.80. The molecule has 0 aromatic carbocycles. The minimum Gasteiger partial charge on any atom is -0.444 e. The summed E-state index contributed by atoms with van der Waals surface area (Å²) in [5.74, 6) is 0.118. The van der Waals surface area contributed by atoms with Crippen molar-refractivity contribution in [3.8, 4) is 0 Å². The number of amides is 1. The molecule has 0 spiro atoms. The van der Waals surface area contributed by atoms with Crippen molar-refractivity contribution in [2.45, 2.75) is 60.0 Å². The van der Waals surface area contributed by atoms with Crippen LogP contribution in [-0.2, 0) is 9.53 Å². The number of alkyl carbamates (subject to hydrolysis) is 1. The van der Waals surface area contributed by atoms with E-state index in [0.29, 0.717) is 19.4 Å². The molecule has 128 valence electrons. The summed E-state index contributed by atoms with van der Waals surface area (Å²) >= 11 is 0. The molecule has 0 radical (unpaired) electrons. The van der Waals surface area contributed by atoms with Crippen molar-refractivity contribution in [3.05, 3.63) is 11.8 Å². The highest BCUT2D eigenvalue weighted by Crippen LogP contribution is 2.23. The van der Waals surface area contributed by atoms with Crippen LogP contribution >= 0.6 is 0 Å². The van der Waals surface area contributed by atoms with E-state index in [2.05, 4.69) is 5.32 Å². The van der Waals surface area contributed by atoms with Crippen molar-refractivity contribution in [1.29, 1.82) is 0 Å². The van der Waals surface area contributed by atoms with Gasteiger partial charge in [-0.05, 0) is 32.6 Å². The average Bonchev–Trinajstić information content (AvgIpc) is 2.30. The molecule has 5 heteroatoms. The summed E-state index contributed by atoms with van der Waals surface area (Å²) in [6, 6.07) is 0. The molecule has 0 saturated carbocycles. The van der Waals surface area contributed by atoms with Crippen LogP contribution in [0, 0.1) is 5.41 Å². The van der Waals surface area contributed by atoms with Crippen LogP contribution in [0.3, 0.4) is 0 Å². The summed E-state index contributed by atoms with van der Waals surface area (Å²) in [4.78, 5) is 25.9. The minimum atomic E-state index is -0.520. The normalized spacial score (nSPS) is 12.8. The lowest BCUT2D eigenvalue weighted by atomic mass is 9.85. The summed E-state index contributed by atoms with van der Waals surface area (Å²) in [5.41, 5.74) is -0.0436. The molecule has 0 heterocycles. The quantitative estimate of drug-likeness (QED) is 0.732. The Hall–Kier alpha value is -1.52. The average molecular weight is 312 g/mol. The molecule has 1 N–H and O–H groups in total. The van der Waals surface area contributed by atoms with Gasteiger partial charge in [0.2, 0.25) is 0 Å². The third-order valence-electron chi connectivity index (χ3n) is 2.90. The van der Waals surface area contributed by atoms with Crippen molar-refractivity contribution in [2.24, 2.45) is 5.41 Å². The van der Waals surface area contributed by atoms with Gasteiger partial charge in [0.15, 0.2) is 5.78 Å². The molecule has 0 rings (SSSR count). The van der Waals surface area contributed by atoms with E-state index in [9.17, 15) is 9.59 Å². The first-order valence-electron chi connectivity index (χ1n) is 7.73. The highest BCUT2D eigenvalue weighted by Gasteiger charge is 2.25. The summed E-state index contributed by atoms with van der Waals surface area (Å²) in [6.07, 6.45) is 2.50. The summed E-state index contributed by atoms with van der Waals surface area (Å²) in [5, 5.41) is 2.74. The van der Waals surface area contributed by atoms with E-state index >= 15 is 0 Å². The van der Waals surface area contributed by atoms with Crippen LogP contribution in [0.25, 0.3) is 0 Å². The number of carbonyl (C=O) groups excluding carboxylic acids is 2. The van der Waals surface area contributed by atoms with Gasteiger partial charge in [-0.1, -0.05) is 20.8 Å². The van der Waals surface area contributed by atoms with Crippen molar-refractivity contribution in [2.75, 3.05) is 20.6 Å². The Morgan fingerprint density at radius 1 is 1.14 bits per heavy atom. The zero-order valence-electron chi connectivity index (χ0n) is 15.4. The maximum Gasteiger partial charge on any atom is 0.407 e. The van der Waals surface area contributed by atoms with E-state index in [0.717, 1.165) is 5.57 Å². The topological polar surface area (TPSA) is 58.6 Å². The van der Waals surface area contributed by atoms with E-state index < -0.39 is 11.7 Å². The molecule has 0 aliphatic heterocycles. The Morgan fingerprint density at radius 3 is 2.09 bits per heavy atom. The number of rotatable bonds is 7. The van der Waals surface area contributed by atoms with Crippen molar-refractivity contribution in [1.82, 2.24) is 10.2 Å². The maximum absolute atomic E-state index is 12.4. The third-order valence-corrected chi connectivity index (χ3v) is 2.90. The fraction of sp³-hybridized carbons (Fsp3) is 0.765. The van der Waals surface area contributed by atoms with Gasteiger partial charge in [-0.3, -0.25) is 4.79 Å². The lowest BCUT2D eigenvalue weighted by Crippen LogP contribution is -2.39. The molecular weight excluding hydrogens is 280 g/mol. The van der Waals surface area contributed by atoms with Gasteiger partial charge < -0.3 is 15.0 Å². The maximum atomic E-state index is 12.4. The van der Waals surface area contributed by atoms with Crippen LogP contribution in [0.4, 0.5) is 4.79 Å². The van der Waals surface area contributed by atoms with Gasteiger partial charge in [-0.25, -0.2) is 4.79 Å². The molecule has 5 nitrogen and oxygen atoms in total. The van der Waals surface area contributed by atoms with E-state index in [-0.39, 0.29) is 11.2 Å². The molecule has 1 amide bonds. The number of allylic oxidation sites excluding steroid dienone is 1. The highest BCUT2D eigenvalue weighted by molar-refractivity contribution is 5.95. The molecule has 0 atom stereocenters. The Morgan fingerprint density at radius 2 is 1.68 bits per heavy atom. The number of nitrogens with zero attached hydrogens (tertiary/aromatic N) is 1. The molecular formula is C17H32N2O3. The first-order chi connectivity index (χ1) is 9.86. The number of nitrogens with one attached hydrogen (secondary N) is 1. The highest BCUT2D eigenvalue weighted by atomic mass is 16.6. The lowest BCUT2D eigenvalue weighted by Gasteiger charge is -2.26. The van der Waals surface area contributed by atoms with Gasteiger partial charge in [0, 0.05) is 38.8 Å². The smallest absolute Gasteiger partial charge is 0.407 e. The summed E-state index contributed by atoms with van der Waals surface area (Å²) < 4.78 is 5.21. The number of hydrogen-bond acceptors (Lipinski definition) is 4. The van der Waals surface area contributed by atoms with E-state index in [1.807, 2.05) is 66.7 Å². The van der Waals surface area contributed by atoms with Gasteiger partial charge in [0.05, 0.1) is 0 Å². The van der Waals surface area contributed by atoms with Gasteiger partial charge in [-0.2, -0.15) is 0 Å². The molecule has 0 aliphatic rings. The number of ether oxygens (including phenoxy) is 1. The van der Waals surface area contributed by atoms with E-state index in [4.69, 9.17) is 4.74 Å². The SMILES string of the molecule is CC/C(=C\N(C)C)C(=O)CC(C)(C)CNC(=O)OC(C)(C)C. The van der Waals surface area contributed by atoms with Crippen LogP contribution in [0.1, 0.15) is 54.4 Å². The number of carbonyl (C=O) groups is 2. The first kappa shape index (κ1) is 20.5. The standard InChI is InChI=1S/C17H32N2O3/c1-9-13(11-19(7)8)14(20)10-17(5,6)12-18-15(21)22-16(2,3)4/h11H,9-10,12H2,1-8H3,(H,18,21)/b13-11+. The second kappa shape index (κ2) is 8.20. The van der Waals surface area contributed by atoms with Crippen molar-refractivity contribution in [3.63, 3.8) is 0 Å². The van der Waals surface area contributed by atoms with Crippen molar-refractivity contribution < 1.29 is 14.3 Å². The third kappa shape index (κ3) is 9.42. The van der Waals surface area contributed by atoms with Crippen LogP contribution < -0.4 is 5.32 Å². The largest absolute Gasteiger partial charge is 0.444 e. The van der Waals surface area contributed by atoms with Gasteiger partial charge in [0.25, 0.3) is 0 Å². The molecule has 0 fully saturated rings. The Labute approximate surface area is 135 Å². The van der Waals surface area contributed by atoms with Gasteiger partial charge in [-0.15, -0.1) is 0 Å². The molecule has 0 aliphatic carbocycles. The number of hydrogen-bond donors (Lipinski definition) is 1. The number of Topliss-reactive ketones (excluding diaryl/α,β-unsaturated/α-hetero) is 1. The lowest BCUT2D eigenvalue weighted by molar-refractivity contribution is -0.117. The molecule has 0 bridgehead atoms.